The molecule has 0 atom stereocenters. The SMILES string of the molecule is CC(=O)CCCN1CCC(C)(CC(C)(c2ccccc2)c2ccccc2)CC1. The highest BCUT2D eigenvalue weighted by atomic mass is 16.1. The van der Waals surface area contributed by atoms with Crippen molar-refractivity contribution in [3.63, 3.8) is 0 Å². The molecule has 2 heteroatoms. The molecule has 2 aromatic rings. The van der Waals surface area contributed by atoms with Crippen LogP contribution in [0.1, 0.15) is 64.0 Å². The van der Waals surface area contributed by atoms with Gasteiger partial charge in [-0.05, 0) is 68.8 Å². The number of Topliss-reactive ketones (excluding diaryl/α,β-unsaturated/α-hetero) is 1. The van der Waals surface area contributed by atoms with Crippen LogP contribution in [0.3, 0.4) is 0 Å². The molecule has 0 saturated carbocycles. The molecule has 1 aliphatic heterocycles. The van der Waals surface area contributed by atoms with Crippen molar-refractivity contribution >= 4 is 5.78 Å². The lowest BCUT2D eigenvalue weighted by atomic mass is 9.63. The van der Waals surface area contributed by atoms with Gasteiger partial charge in [-0.2, -0.15) is 0 Å². The van der Waals surface area contributed by atoms with Crippen molar-refractivity contribution in [3.8, 4) is 0 Å². The predicted molar refractivity (Wildman–Crippen MR) is 118 cm³/mol. The van der Waals surface area contributed by atoms with E-state index < -0.39 is 0 Å². The smallest absolute Gasteiger partial charge is 0.129 e. The zero-order chi connectivity index (χ0) is 20.0. The van der Waals surface area contributed by atoms with Crippen molar-refractivity contribution in [1.82, 2.24) is 4.90 Å². The molecule has 0 radical (unpaired) electrons. The van der Waals surface area contributed by atoms with Gasteiger partial charge in [0.2, 0.25) is 0 Å². The fraction of sp³-hybridized carbons (Fsp3) is 0.500. The Balaban J connectivity index is 1.72. The van der Waals surface area contributed by atoms with Crippen LogP contribution in [0.2, 0.25) is 0 Å². The Labute approximate surface area is 171 Å². The lowest BCUT2D eigenvalue weighted by Crippen LogP contribution is -2.42. The third-order valence-electron chi connectivity index (χ3n) is 6.67. The van der Waals surface area contributed by atoms with Gasteiger partial charge in [-0.25, -0.2) is 0 Å². The van der Waals surface area contributed by atoms with E-state index in [-0.39, 0.29) is 5.41 Å². The van der Waals surface area contributed by atoms with Crippen LogP contribution in [-0.4, -0.2) is 30.3 Å². The quantitative estimate of drug-likeness (QED) is 0.575. The van der Waals surface area contributed by atoms with Crippen LogP contribution in [0.15, 0.2) is 60.7 Å². The van der Waals surface area contributed by atoms with Crippen LogP contribution in [0.5, 0.6) is 0 Å². The molecule has 0 unspecified atom stereocenters. The second-order valence-electron chi connectivity index (χ2n) is 9.20. The summed E-state index contributed by atoms with van der Waals surface area (Å²) in [5.74, 6) is 0.309. The number of rotatable bonds is 8. The highest BCUT2D eigenvalue weighted by Gasteiger charge is 2.39. The van der Waals surface area contributed by atoms with Crippen LogP contribution in [0.4, 0.5) is 0 Å². The number of carbonyl (C=O) groups is 1. The molecule has 0 aliphatic carbocycles. The van der Waals surface area contributed by atoms with Gasteiger partial charge in [0.15, 0.2) is 0 Å². The van der Waals surface area contributed by atoms with Gasteiger partial charge in [-0.15, -0.1) is 0 Å². The van der Waals surface area contributed by atoms with Crippen LogP contribution < -0.4 is 0 Å². The Morgan fingerprint density at radius 3 is 1.93 bits per heavy atom. The number of hydrogen-bond donors (Lipinski definition) is 0. The minimum absolute atomic E-state index is 0.0219. The average molecular weight is 378 g/mol. The molecule has 1 heterocycles. The molecule has 0 aromatic heterocycles. The van der Waals surface area contributed by atoms with Gasteiger partial charge in [-0.1, -0.05) is 74.5 Å². The van der Waals surface area contributed by atoms with E-state index in [0.717, 1.165) is 32.5 Å². The Morgan fingerprint density at radius 1 is 0.964 bits per heavy atom. The number of carbonyl (C=O) groups excluding carboxylic acids is 1. The second-order valence-corrected chi connectivity index (χ2v) is 9.20. The maximum absolute atomic E-state index is 11.2. The summed E-state index contributed by atoms with van der Waals surface area (Å²) in [6, 6.07) is 22.0. The molecule has 3 rings (SSSR count). The molecule has 1 fully saturated rings. The summed E-state index contributed by atoms with van der Waals surface area (Å²) in [5, 5.41) is 0. The zero-order valence-corrected chi connectivity index (χ0v) is 17.8. The number of hydrogen-bond acceptors (Lipinski definition) is 2. The molecule has 2 nitrogen and oxygen atoms in total. The van der Waals surface area contributed by atoms with E-state index in [1.165, 1.54) is 24.0 Å². The average Bonchev–Trinajstić information content (AvgIpc) is 2.70. The summed E-state index contributed by atoms with van der Waals surface area (Å²) in [4.78, 5) is 13.7. The van der Waals surface area contributed by atoms with Gasteiger partial charge >= 0.3 is 0 Å². The lowest BCUT2D eigenvalue weighted by Gasteiger charge is -2.45. The van der Waals surface area contributed by atoms with Gasteiger partial charge in [0.05, 0.1) is 0 Å². The van der Waals surface area contributed by atoms with Gasteiger partial charge in [-0.3, -0.25) is 0 Å². The predicted octanol–water partition coefficient (Wildman–Crippen LogP) is 5.85. The summed E-state index contributed by atoms with van der Waals surface area (Å²) in [6.45, 7) is 9.94. The first kappa shape index (κ1) is 20.8. The highest BCUT2D eigenvalue weighted by Crippen LogP contribution is 2.46. The van der Waals surface area contributed by atoms with E-state index in [0.29, 0.717) is 17.6 Å². The van der Waals surface area contributed by atoms with Crippen LogP contribution in [-0.2, 0) is 10.2 Å². The molecule has 150 valence electrons. The second kappa shape index (κ2) is 9.05. The molecular formula is C26H35NO. The summed E-state index contributed by atoms with van der Waals surface area (Å²) in [7, 11) is 0. The first-order valence-corrected chi connectivity index (χ1v) is 10.7. The maximum atomic E-state index is 11.2. The molecule has 1 saturated heterocycles. The van der Waals surface area contributed by atoms with Gasteiger partial charge in [0, 0.05) is 11.8 Å². The first-order valence-electron chi connectivity index (χ1n) is 10.7. The first-order chi connectivity index (χ1) is 13.4. The standard InChI is InChI=1S/C26H35NO/c1-22(28)11-10-18-27-19-16-25(2,17-20-27)21-26(3,23-12-6-4-7-13-23)24-14-8-5-9-15-24/h4-9,12-15H,10-11,16-21H2,1-3H3. The van der Waals surface area contributed by atoms with E-state index >= 15 is 0 Å². The lowest BCUT2D eigenvalue weighted by molar-refractivity contribution is -0.117. The Morgan fingerprint density at radius 2 is 1.46 bits per heavy atom. The van der Waals surface area contributed by atoms with Crippen molar-refractivity contribution in [2.45, 2.75) is 58.3 Å². The molecule has 0 bridgehead atoms. The van der Waals surface area contributed by atoms with Crippen LogP contribution in [0.25, 0.3) is 0 Å². The maximum Gasteiger partial charge on any atom is 0.129 e. The molecule has 0 amide bonds. The van der Waals surface area contributed by atoms with Gasteiger partial charge in [0.25, 0.3) is 0 Å². The summed E-state index contributed by atoms with van der Waals surface area (Å²) >= 11 is 0. The molecule has 2 aromatic carbocycles. The van der Waals surface area contributed by atoms with Crippen molar-refractivity contribution in [3.05, 3.63) is 71.8 Å². The van der Waals surface area contributed by atoms with E-state index in [1.54, 1.807) is 6.92 Å². The van der Waals surface area contributed by atoms with E-state index in [2.05, 4.69) is 79.4 Å². The zero-order valence-electron chi connectivity index (χ0n) is 17.8. The fourth-order valence-electron chi connectivity index (χ4n) is 4.88. The molecule has 1 aliphatic rings. The number of piperidine rings is 1. The van der Waals surface area contributed by atoms with Crippen molar-refractivity contribution < 1.29 is 4.79 Å². The van der Waals surface area contributed by atoms with Crippen molar-refractivity contribution in [1.29, 1.82) is 0 Å². The molecule has 0 N–H and O–H groups in total. The minimum Gasteiger partial charge on any atom is -0.303 e. The molecule has 28 heavy (non-hydrogen) atoms. The van der Waals surface area contributed by atoms with Gasteiger partial charge < -0.3 is 9.69 Å². The highest BCUT2D eigenvalue weighted by molar-refractivity contribution is 5.75. The third kappa shape index (κ3) is 5.11. The Bertz CT molecular complexity index is 705. The molecule has 0 spiro atoms. The largest absolute Gasteiger partial charge is 0.303 e. The van der Waals surface area contributed by atoms with E-state index in [1.807, 2.05) is 0 Å². The Kier molecular flexibility index (Phi) is 6.72. The normalized spacial score (nSPS) is 17.4. The minimum atomic E-state index is 0.0219. The fourth-order valence-corrected chi connectivity index (χ4v) is 4.88. The number of ketones is 1. The van der Waals surface area contributed by atoms with Crippen molar-refractivity contribution in [2.24, 2.45) is 5.41 Å². The Hall–Kier alpha value is -1.93. The monoisotopic (exact) mass is 377 g/mol. The van der Waals surface area contributed by atoms with E-state index in [4.69, 9.17) is 0 Å². The number of benzene rings is 2. The summed E-state index contributed by atoms with van der Waals surface area (Å²) in [5.41, 5.74) is 3.17. The summed E-state index contributed by atoms with van der Waals surface area (Å²) < 4.78 is 0. The third-order valence-corrected chi connectivity index (χ3v) is 6.67. The number of nitrogens with zero attached hydrogens (tertiary/aromatic N) is 1. The molecular weight excluding hydrogens is 342 g/mol. The summed E-state index contributed by atoms with van der Waals surface area (Å²) in [6.07, 6.45) is 5.33. The van der Waals surface area contributed by atoms with E-state index in [9.17, 15) is 4.79 Å². The van der Waals surface area contributed by atoms with Crippen molar-refractivity contribution in [2.75, 3.05) is 19.6 Å². The van der Waals surface area contributed by atoms with Crippen LogP contribution in [0, 0.1) is 5.41 Å². The van der Waals surface area contributed by atoms with Gasteiger partial charge in [0.1, 0.15) is 5.78 Å². The van der Waals surface area contributed by atoms with Crippen LogP contribution >= 0.6 is 0 Å². The topological polar surface area (TPSA) is 20.3 Å². The number of likely N-dealkylation sites (tertiary alicyclic amines) is 1.